The first-order valence-corrected chi connectivity index (χ1v) is 7.52. The van der Waals surface area contributed by atoms with Gasteiger partial charge in [-0.15, -0.1) is 0 Å². The Morgan fingerprint density at radius 1 is 1.08 bits per heavy atom. The number of ether oxygens (including phenoxy) is 1. The van der Waals surface area contributed by atoms with Crippen molar-refractivity contribution in [3.63, 3.8) is 0 Å². The maximum atomic E-state index is 11.9. The van der Waals surface area contributed by atoms with Crippen molar-refractivity contribution in [2.24, 2.45) is 5.41 Å². The molecular weight excluding hydrogens is 306 g/mol. The highest BCUT2D eigenvalue weighted by molar-refractivity contribution is 5.93. The Morgan fingerprint density at radius 2 is 1.83 bits per heavy atom. The molecule has 24 heavy (non-hydrogen) atoms. The molecule has 2 aromatic rings. The number of amides is 1. The highest BCUT2D eigenvalue weighted by atomic mass is 16.5. The van der Waals surface area contributed by atoms with Gasteiger partial charge in [-0.1, -0.05) is 26.8 Å². The van der Waals surface area contributed by atoms with Gasteiger partial charge in [-0.2, -0.15) is 0 Å². The first-order chi connectivity index (χ1) is 11.3. The molecule has 1 aromatic carbocycles. The summed E-state index contributed by atoms with van der Waals surface area (Å²) >= 11 is 0. The quantitative estimate of drug-likeness (QED) is 0.839. The number of nitrogens with zero attached hydrogens (tertiary/aromatic N) is 1. The van der Waals surface area contributed by atoms with Crippen molar-refractivity contribution in [2.45, 2.75) is 20.8 Å². The number of hydrogen-bond acceptors (Lipinski definition) is 5. The van der Waals surface area contributed by atoms with Crippen LogP contribution in [0.3, 0.4) is 0 Å². The van der Waals surface area contributed by atoms with Crippen molar-refractivity contribution in [3.05, 3.63) is 48.2 Å². The van der Waals surface area contributed by atoms with Crippen LogP contribution in [-0.4, -0.2) is 24.0 Å². The number of pyridine rings is 1. The first kappa shape index (κ1) is 17.5. The third-order valence-electron chi connectivity index (χ3n) is 3.26. The minimum Gasteiger partial charge on any atom is -0.465 e. The van der Waals surface area contributed by atoms with Gasteiger partial charge in [0.1, 0.15) is 5.82 Å². The van der Waals surface area contributed by atoms with Crippen LogP contribution in [0, 0.1) is 5.41 Å². The summed E-state index contributed by atoms with van der Waals surface area (Å²) in [5.74, 6) is 0.00212. The second-order valence-corrected chi connectivity index (χ2v) is 6.33. The summed E-state index contributed by atoms with van der Waals surface area (Å²) in [6.45, 7) is 5.52. The highest BCUT2D eigenvalue weighted by Gasteiger charge is 2.21. The van der Waals surface area contributed by atoms with Gasteiger partial charge in [0, 0.05) is 11.1 Å². The second kappa shape index (κ2) is 7.12. The number of rotatable bonds is 4. The van der Waals surface area contributed by atoms with Crippen molar-refractivity contribution in [1.82, 2.24) is 4.98 Å². The zero-order valence-corrected chi connectivity index (χ0v) is 14.2. The minimum absolute atomic E-state index is 0.0958. The first-order valence-electron chi connectivity index (χ1n) is 7.52. The maximum absolute atomic E-state index is 11.9. The van der Waals surface area contributed by atoms with E-state index in [0.29, 0.717) is 11.4 Å². The number of methoxy groups -OCH3 is 1. The molecule has 1 heterocycles. The van der Waals surface area contributed by atoms with E-state index < -0.39 is 11.4 Å². The van der Waals surface area contributed by atoms with Crippen molar-refractivity contribution in [1.29, 1.82) is 0 Å². The van der Waals surface area contributed by atoms with E-state index in [-0.39, 0.29) is 5.91 Å². The van der Waals surface area contributed by atoms with Crippen LogP contribution in [0.1, 0.15) is 31.1 Å². The van der Waals surface area contributed by atoms with Gasteiger partial charge in [-0.25, -0.2) is 9.78 Å². The van der Waals surface area contributed by atoms with E-state index in [0.717, 1.165) is 11.4 Å². The fraction of sp³-hybridized carbons (Fsp3) is 0.278. The number of carbonyl (C=O) groups is 2. The zero-order valence-electron chi connectivity index (χ0n) is 14.2. The average molecular weight is 327 g/mol. The van der Waals surface area contributed by atoms with E-state index in [1.54, 1.807) is 36.5 Å². The standard InChI is InChI=1S/C18H21N3O3/c1-18(2,3)17(23)21-15-9-8-14(11-19-15)20-13-7-5-6-12(10-13)16(22)24-4/h5-11,20H,1-4H3,(H,19,21,23). The number of benzene rings is 1. The molecule has 0 atom stereocenters. The van der Waals surface area contributed by atoms with Gasteiger partial charge >= 0.3 is 5.97 Å². The predicted molar refractivity (Wildman–Crippen MR) is 93.4 cm³/mol. The van der Waals surface area contributed by atoms with Crippen LogP contribution in [0.25, 0.3) is 0 Å². The smallest absolute Gasteiger partial charge is 0.337 e. The normalized spacial score (nSPS) is 10.8. The number of carbonyl (C=O) groups excluding carboxylic acids is 2. The van der Waals surface area contributed by atoms with E-state index >= 15 is 0 Å². The lowest BCUT2D eigenvalue weighted by Gasteiger charge is -2.17. The molecule has 2 N–H and O–H groups in total. The Morgan fingerprint density at radius 3 is 2.42 bits per heavy atom. The molecule has 0 bridgehead atoms. The Kier molecular flexibility index (Phi) is 5.18. The topological polar surface area (TPSA) is 80.3 Å². The summed E-state index contributed by atoms with van der Waals surface area (Å²) in [5, 5.41) is 5.92. The van der Waals surface area contributed by atoms with Gasteiger partial charge in [-0.3, -0.25) is 4.79 Å². The number of anilines is 3. The predicted octanol–water partition coefficient (Wildman–Crippen LogP) is 3.60. The summed E-state index contributed by atoms with van der Waals surface area (Å²) < 4.78 is 4.70. The molecule has 1 amide bonds. The van der Waals surface area contributed by atoms with Crippen LogP contribution in [0.2, 0.25) is 0 Å². The lowest BCUT2D eigenvalue weighted by Crippen LogP contribution is -2.27. The lowest BCUT2D eigenvalue weighted by atomic mass is 9.96. The van der Waals surface area contributed by atoms with Crippen molar-refractivity contribution < 1.29 is 14.3 Å². The fourth-order valence-corrected chi connectivity index (χ4v) is 1.85. The van der Waals surface area contributed by atoms with Crippen LogP contribution in [0.15, 0.2) is 42.6 Å². The van der Waals surface area contributed by atoms with Gasteiger partial charge in [0.25, 0.3) is 0 Å². The largest absolute Gasteiger partial charge is 0.465 e. The number of hydrogen-bond donors (Lipinski definition) is 2. The molecule has 0 spiro atoms. The van der Waals surface area contributed by atoms with E-state index in [1.165, 1.54) is 7.11 Å². The molecule has 0 aliphatic carbocycles. The number of nitrogens with one attached hydrogen (secondary N) is 2. The Hall–Kier alpha value is -2.89. The molecule has 2 rings (SSSR count). The van der Waals surface area contributed by atoms with Gasteiger partial charge < -0.3 is 15.4 Å². The molecule has 1 aromatic heterocycles. The van der Waals surface area contributed by atoms with Crippen molar-refractivity contribution in [2.75, 3.05) is 17.7 Å². The summed E-state index contributed by atoms with van der Waals surface area (Å²) in [4.78, 5) is 27.7. The zero-order chi connectivity index (χ0) is 17.7. The summed E-state index contributed by atoms with van der Waals surface area (Å²) in [5.41, 5.74) is 1.47. The molecule has 0 saturated heterocycles. The average Bonchev–Trinajstić information content (AvgIpc) is 2.55. The van der Waals surface area contributed by atoms with Gasteiger partial charge in [-0.05, 0) is 30.3 Å². The van der Waals surface area contributed by atoms with Gasteiger partial charge in [0.05, 0.1) is 24.6 Å². The molecule has 6 nitrogen and oxygen atoms in total. The molecule has 0 saturated carbocycles. The molecule has 0 aliphatic rings. The van der Waals surface area contributed by atoms with E-state index in [4.69, 9.17) is 4.74 Å². The Labute approximate surface area is 141 Å². The van der Waals surface area contributed by atoms with Gasteiger partial charge in [0.2, 0.25) is 5.91 Å². The van der Waals surface area contributed by atoms with E-state index in [9.17, 15) is 9.59 Å². The minimum atomic E-state index is -0.479. The molecule has 126 valence electrons. The van der Waals surface area contributed by atoms with Crippen molar-refractivity contribution in [3.8, 4) is 0 Å². The summed E-state index contributed by atoms with van der Waals surface area (Å²) in [6, 6.07) is 10.5. The van der Waals surface area contributed by atoms with Crippen LogP contribution in [0.5, 0.6) is 0 Å². The monoisotopic (exact) mass is 327 g/mol. The fourth-order valence-electron chi connectivity index (χ4n) is 1.85. The van der Waals surface area contributed by atoms with Crippen LogP contribution < -0.4 is 10.6 Å². The molecular formula is C18H21N3O3. The van der Waals surface area contributed by atoms with Crippen LogP contribution >= 0.6 is 0 Å². The third-order valence-corrected chi connectivity index (χ3v) is 3.26. The Balaban J connectivity index is 2.07. The Bertz CT molecular complexity index is 734. The summed E-state index contributed by atoms with van der Waals surface area (Å²) in [6.07, 6.45) is 1.61. The molecule has 0 radical (unpaired) electrons. The molecule has 0 unspecified atom stereocenters. The van der Waals surface area contributed by atoms with E-state index in [1.807, 2.05) is 26.8 Å². The molecule has 0 fully saturated rings. The second-order valence-electron chi connectivity index (χ2n) is 6.33. The molecule has 0 aliphatic heterocycles. The number of aromatic nitrogens is 1. The lowest BCUT2D eigenvalue weighted by molar-refractivity contribution is -0.123. The summed E-state index contributed by atoms with van der Waals surface area (Å²) in [7, 11) is 1.34. The van der Waals surface area contributed by atoms with Gasteiger partial charge in [0.15, 0.2) is 0 Å². The SMILES string of the molecule is COC(=O)c1cccc(Nc2ccc(NC(=O)C(C)(C)C)nc2)c1. The maximum Gasteiger partial charge on any atom is 0.337 e. The highest BCUT2D eigenvalue weighted by Crippen LogP contribution is 2.20. The third kappa shape index (κ3) is 4.55. The van der Waals surface area contributed by atoms with Crippen molar-refractivity contribution >= 4 is 29.1 Å². The van der Waals surface area contributed by atoms with Crippen LogP contribution in [0.4, 0.5) is 17.2 Å². The number of esters is 1. The molecule has 6 heteroatoms. The van der Waals surface area contributed by atoms with Crippen LogP contribution in [-0.2, 0) is 9.53 Å². The van der Waals surface area contributed by atoms with E-state index in [2.05, 4.69) is 15.6 Å².